The van der Waals surface area contributed by atoms with Crippen molar-refractivity contribution >= 4 is 16.3 Å². The fourth-order valence-electron chi connectivity index (χ4n) is 2.20. The third-order valence-corrected chi connectivity index (χ3v) is 4.75. The number of fused-ring (bicyclic) bond motifs is 1. The number of nitrogens with zero attached hydrogens (tertiary/aromatic N) is 4. The maximum Gasteiger partial charge on any atom is 0.234 e. The van der Waals surface area contributed by atoms with Crippen LogP contribution in [-0.2, 0) is 5.54 Å². The second kappa shape index (κ2) is 2.81. The van der Waals surface area contributed by atoms with Crippen LogP contribution in [0.3, 0.4) is 0 Å². The Morgan fingerprint density at radius 2 is 2.12 bits per heavy atom. The molecule has 0 spiro atoms. The van der Waals surface area contributed by atoms with Crippen molar-refractivity contribution in [2.75, 3.05) is 0 Å². The highest BCUT2D eigenvalue weighted by Crippen LogP contribution is 2.42. The van der Waals surface area contributed by atoms with Gasteiger partial charge in [-0.3, -0.25) is 0 Å². The van der Waals surface area contributed by atoms with Crippen molar-refractivity contribution < 1.29 is 0 Å². The summed E-state index contributed by atoms with van der Waals surface area (Å²) >= 11 is 1.60. The molecule has 0 unspecified atom stereocenters. The Morgan fingerprint density at radius 3 is 2.75 bits per heavy atom. The highest BCUT2D eigenvalue weighted by Gasteiger charge is 2.39. The van der Waals surface area contributed by atoms with Gasteiger partial charge in [-0.05, 0) is 32.1 Å². The first-order valence-corrected chi connectivity index (χ1v) is 6.59. The molecule has 0 bridgehead atoms. The van der Waals surface area contributed by atoms with Gasteiger partial charge in [0.2, 0.25) is 4.96 Å². The van der Waals surface area contributed by atoms with Crippen LogP contribution in [0.4, 0.5) is 0 Å². The second-order valence-electron chi connectivity index (χ2n) is 4.94. The molecule has 2 N–H and O–H groups in total. The minimum absolute atomic E-state index is 0.174. The molecule has 0 saturated heterocycles. The zero-order valence-corrected chi connectivity index (χ0v) is 9.70. The lowest BCUT2D eigenvalue weighted by Crippen LogP contribution is -2.43. The van der Waals surface area contributed by atoms with Crippen molar-refractivity contribution in [2.24, 2.45) is 5.73 Å². The predicted molar refractivity (Wildman–Crippen MR) is 60.4 cm³/mol. The Labute approximate surface area is 96.7 Å². The fraction of sp³-hybridized carbons (Fsp3) is 0.700. The molecule has 4 rings (SSSR count). The molecule has 0 radical (unpaired) electrons. The first-order chi connectivity index (χ1) is 7.76. The van der Waals surface area contributed by atoms with E-state index in [9.17, 15) is 0 Å². The fourth-order valence-corrected chi connectivity index (χ4v) is 3.21. The molecule has 2 aliphatic rings. The largest absolute Gasteiger partial charge is 0.319 e. The lowest BCUT2D eigenvalue weighted by Gasteiger charge is -2.35. The third kappa shape index (κ3) is 1.11. The summed E-state index contributed by atoms with van der Waals surface area (Å²) in [6.45, 7) is 0. The van der Waals surface area contributed by atoms with Gasteiger partial charge in [-0.15, -0.1) is 10.2 Å². The minimum atomic E-state index is -0.174. The van der Waals surface area contributed by atoms with Crippen LogP contribution >= 0.6 is 11.3 Å². The van der Waals surface area contributed by atoms with Crippen molar-refractivity contribution in [2.45, 2.75) is 43.6 Å². The Morgan fingerprint density at radius 1 is 1.31 bits per heavy atom. The van der Waals surface area contributed by atoms with Crippen molar-refractivity contribution in [1.29, 1.82) is 0 Å². The summed E-state index contributed by atoms with van der Waals surface area (Å²) in [6.07, 6.45) is 5.76. The van der Waals surface area contributed by atoms with Crippen LogP contribution in [-0.4, -0.2) is 19.8 Å². The van der Waals surface area contributed by atoms with Crippen LogP contribution in [0.25, 0.3) is 4.96 Å². The molecule has 2 aliphatic carbocycles. The summed E-state index contributed by atoms with van der Waals surface area (Å²) in [4.78, 5) is 0.897. The Hall–Kier alpha value is -1.01. The van der Waals surface area contributed by atoms with Crippen molar-refractivity contribution in [3.8, 4) is 0 Å². The normalized spacial score (nSPS) is 23.6. The molecule has 84 valence electrons. The highest BCUT2D eigenvalue weighted by atomic mass is 32.1. The molecule has 2 aromatic heterocycles. The number of rotatable bonds is 2. The number of aromatic nitrogens is 4. The average molecular weight is 235 g/mol. The average Bonchev–Trinajstić information content (AvgIpc) is 2.85. The quantitative estimate of drug-likeness (QED) is 0.854. The molecule has 0 atom stereocenters. The molecule has 0 amide bonds. The first-order valence-electron chi connectivity index (χ1n) is 5.78. The minimum Gasteiger partial charge on any atom is -0.319 e. The maximum atomic E-state index is 6.28. The molecule has 2 fully saturated rings. The second-order valence-corrected chi connectivity index (χ2v) is 5.90. The monoisotopic (exact) mass is 235 g/mol. The van der Waals surface area contributed by atoms with E-state index in [0.29, 0.717) is 5.92 Å². The van der Waals surface area contributed by atoms with Gasteiger partial charge >= 0.3 is 0 Å². The molecule has 2 heterocycles. The van der Waals surface area contributed by atoms with E-state index in [-0.39, 0.29) is 5.54 Å². The van der Waals surface area contributed by atoms with E-state index in [0.717, 1.165) is 28.6 Å². The van der Waals surface area contributed by atoms with Gasteiger partial charge < -0.3 is 5.73 Å². The van der Waals surface area contributed by atoms with Gasteiger partial charge in [-0.2, -0.15) is 9.61 Å². The lowest BCUT2D eigenvalue weighted by atomic mass is 9.78. The highest BCUT2D eigenvalue weighted by molar-refractivity contribution is 7.16. The van der Waals surface area contributed by atoms with E-state index in [1.54, 1.807) is 11.3 Å². The third-order valence-electron chi connectivity index (χ3n) is 3.63. The number of nitrogens with two attached hydrogens (primary N) is 1. The van der Waals surface area contributed by atoms with Gasteiger partial charge in [0, 0.05) is 5.92 Å². The molecule has 0 aliphatic heterocycles. The van der Waals surface area contributed by atoms with Gasteiger partial charge in [0.1, 0.15) is 5.01 Å². The zero-order valence-electron chi connectivity index (χ0n) is 8.89. The standard InChI is InChI=1S/C10H13N5S/c11-10(4-1-5-10)8-14-15-7(6-2-3-6)12-13-9(15)16-8/h6H,1-5,11H2. The van der Waals surface area contributed by atoms with Gasteiger partial charge in [-0.1, -0.05) is 11.3 Å². The van der Waals surface area contributed by atoms with Gasteiger partial charge in [0.05, 0.1) is 5.54 Å². The zero-order chi connectivity index (χ0) is 10.8. The Kier molecular flexibility index (Phi) is 1.59. The van der Waals surface area contributed by atoms with Crippen molar-refractivity contribution in [1.82, 2.24) is 19.8 Å². The summed E-state index contributed by atoms with van der Waals surface area (Å²) in [5.74, 6) is 1.61. The van der Waals surface area contributed by atoms with Crippen LogP contribution in [0.1, 0.15) is 48.9 Å². The lowest BCUT2D eigenvalue weighted by molar-refractivity contribution is 0.250. The predicted octanol–water partition coefficient (Wildman–Crippen LogP) is 1.40. The van der Waals surface area contributed by atoms with E-state index in [1.807, 2.05) is 4.52 Å². The first kappa shape index (κ1) is 9.07. The van der Waals surface area contributed by atoms with Gasteiger partial charge in [0.25, 0.3) is 0 Å². The van der Waals surface area contributed by atoms with E-state index in [4.69, 9.17) is 5.73 Å². The molecule has 2 aromatic rings. The summed E-state index contributed by atoms with van der Waals surface area (Å²) in [6, 6.07) is 0. The van der Waals surface area contributed by atoms with Gasteiger partial charge in [0.15, 0.2) is 5.82 Å². The number of hydrogen-bond donors (Lipinski definition) is 1. The molecule has 2 saturated carbocycles. The van der Waals surface area contributed by atoms with E-state index in [2.05, 4.69) is 15.3 Å². The van der Waals surface area contributed by atoms with E-state index in [1.165, 1.54) is 19.3 Å². The molecule has 0 aromatic carbocycles. The Balaban J connectivity index is 1.83. The van der Waals surface area contributed by atoms with E-state index >= 15 is 0 Å². The number of hydrogen-bond acceptors (Lipinski definition) is 5. The van der Waals surface area contributed by atoms with Crippen LogP contribution in [0.15, 0.2) is 0 Å². The summed E-state index contributed by atoms with van der Waals surface area (Å²) in [5.41, 5.74) is 6.10. The summed E-state index contributed by atoms with van der Waals surface area (Å²) in [7, 11) is 0. The summed E-state index contributed by atoms with van der Waals surface area (Å²) < 4.78 is 1.91. The van der Waals surface area contributed by atoms with Crippen LogP contribution < -0.4 is 5.73 Å². The van der Waals surface area contributed by atoms with E-state index < -0.39 is 0 Å². The topological polar surface area (TPSA) is 69.1 Å². The van der Waals surface area contributed by atoms with Gasteiger partial charge in [-0.25, -0.2) is 0 Å². The Bertz CT molecular complexity index is 549. The summed E-state index contributed by atoms with van der Waals surface area (Å²) in [5, 5.41) is 14.0. The molecular formula is C10H13N5S. The maximum absolute atomic E-state index is 6.28. The van der Waals surface area contributed by atoms with Crippen LogP contribution in [0.5, 0.6) is 0 Å². The molecule has 16 heavy (non-hydrogen) atoms. The SMILES string of the molecule is NC1(c2nn3c(C4CC4)nnc3s2)CCC1. The van der Waals surface area contributed by atoms with Crippen LogP contribution in [0, 0.1) is 0 Å². The molecule has 5 nitrogen and oxygen atoms in total. The molecular weight excluding hydrogens is 222 g/mol. The smallest absolute Gasteiger partial charge is 0.234 e. The molecule has 6 heteroatoms. The van der Waals surface area contributed by atoms with Crippen LogP contribution in [0.2, 0.25) is 0 Å². The van der Waals surface area contributed by atoms with Crippen molar-refractivity contribution in [3.63, 3.8) is 0 Å². The van der Waals surface area contributed by atoms with Crippen molar-refractivity contribution in [3.05, 3.63) is 10.8 Å².